The molecule has 13 heteroatoms. The van der Waals surface area contributed by atoms with Gasteiger partial charge in [0.25, 0.3) is 0 Å². The molecular formula is C21H28N6O6S. The van der Waals surface area contributed by atoms with E-state index in [1.54, 1.807) is 12.1 Å². The largest absolute Gasteiger partial charge is 0.469 e. The summed E-state index contributed by atoms with van der Waals surface area (Å²) in [6.07, 6.45) is 1.70. The van der Waals surface area contributed by atoms with E-state index in [0.29, 0.717) is 12.2 Å². The number of ether oxygens (including phenoxy) is 2. The number of fused-ring (bicyclic) bond motifs is 1. The van der Waals surface area contributed by atoms with Gasteiger partial charge >= 0.3 is 17.7 Å². The molecule has 12 nitrogen and oxygen atoms in total. The molecule has 0 spiro atoms. The topological polar surface area (TPSA) is 162 Å². The molecule has 2 aromatic heterocycles. The number of nitrogens with one attached hydrogen (secondary N) is 1. The quantitative estimate of drug-likeness (QED) is 0.293. The Morgan fingerprint density at radius 2 is 2.06 bits per heavy atom. The van der Waals surface area contributed by atoms with Gasteiger partial charge in [0.2, 0.25) is 10.0 Å². The third-order valence-electron chi connectivity index (χ3n) is 5.18. The second-order valence-corrected chi connectivity index (χ2v) is 9.65. The van der Waals surface area contributed by atoms with Crippen molar-refractivity contribution in [3.05, 3.63) is 40.3 Å². The average Bonchev–Trinajstić information content (AvgIpc) is 3.13. The summed E-state index contributed by atoms with van der Waals surface area (Å²) >= 11 is 0. The molecule has 0 aliphatic carbocycles. The van der Waals surface area contributed by atoms with E-state index in [0.717, 1.165) is 17.1 Å². The van der Waals surface area contributed by atoms with E-state index in [4.69, 9.17) is 10.5 Å². The molecule has 0 amide bonds. The van der Waals surface area contributed by atoms with Gasteiger partial charge in [-0.3, -0.25) is 9.36 Å². The Kier molecular flexibility index (Phi) is 7.89. The highest BCUT2D eigenvalue weighted by Gasteiger charge is 2.22. The molecule has 0 aliphatic heterocycles. The molecule has 184 valence electrons. The minimum absolute atomic E-state index is 0.0151. The van der Waals surface area contributed by atoms with Crippen LogP contribution < -0.4 is 16.2 Å². The van der Waals surface area contributed by atoms with Crippen molar-refractivity contribution in [2.75, 3.05) is 33.0 Å². The summed E-state index contributed by atoms with van der Waals surface area (Å²) in [5.41, 5.74) is 6.46. The average molecular weight is 493 g/mol. The first-order chi connectivity index (χ1) is 16.2. The number of benzene rings is 1. The summed E-state index contributed by atoms with van der Waals surface area (Å²) in [6, 6.07) is 6.12. The van der Waals surface area contributed by atoms with Crippen molar-refractivity contribution in [3.8, 4) is 6.01 Å². The molecule has 3 N–H and O–H groups in total. The lowest BCUT2D eigenvalue weighted by molar-refractivity contribution is -0.139. The van der Waals surface area contributed by atoms with Gasteiger partial charge in [0.1, 0.15) is 5.52 Å². The van der Waals surface area contributed by atoms with Crippen LogP contribution in [0.15, 0.2) is 34.0 Å². The van der Waals surface area contributed by atoms with Crippen LogP contribution in [0.3, 0.4) is 0 Å². The summed E-state index contributed by atoms with van der Waals surface area (Å²) in [5.74, 6) is -0.406. The van der Waals surface area contributed by atoms with E-state index >= 15 is 0 Å². The number of carbonyl (C=O) groups excluding carboxylic acids is 1. The van der Waals surface area contributed by atoms with Crippen LogP contribution >= 0.6 is 0 Å². The van der Waals surface area contributed by atoms with Crippen molar-refractivity contribution < 1.29 is 22.7 Å². The molecule has 0 saturated heterocycles. The Labute approximate surface area is 196 Å². The highest BCUT2D eigenvalue weighted by atomic mass is 32.2. The Bertz CT molecular complexity index is 1330. The number of hydrogen-bond acceptors (Lipinski definition) is 9. The van der Waals surface area contributed by atoms with Crippen molar-refractivity contribution in [3.63, 3.8) is 0 Å². The maximum atomic E-state index is 13.1. The lowest BCUT2D eigenvalue weighted by Gasteiger charge is -2.18. The number of esters is 1. The lowest BCUT2D eigenvalue weighted by Crippen LogP contribution is -2.32. The first-order valence-corrected chi connectivity index (χ1v) is 12.1. The van der Waals surface area contributed by atoms with Crippen LogP contribution in [-0.4, -0.2) is 65.5 Å². The molecule has 0 unspecified atom stereocenters. The van der Waals surface area contributed by atoms with E-state index in [1.165, 1.54) is 30.9 Å². The first kappa shape index (κ1) is 25.2. The van der Waals surface area contributed by atoms with Gasteiger partial charge in [0.15, 0.2) is 11.5 Å². The molecular weight excluding hydrogens is 464 g/mol. The predicted molar refractivity (Wildman–Crippen MR) is 125 cm³/mol. The standard InChI is InChI=1S/C21H28N6O6S/c1-4-5-11-33-20-24-18(22)17-19(25-20)27(21(29)23-17)10-9-26(2)34(30,31)15-8-6-7-14(12-15)13-16(28)32-3/h6-8,12H,4-5,9-11,13H2,1-3H3,(H,23,29)(H2,22,24,25). The van der Waals surface area contributed by atoms with Gasteiger partial charge in [-0.1, -0.05) is 25.5 Å². The number of likely N-dealkylation sites (N-methyl/N-ethyl adjacent to an activating group) is 1. The van der Waals surface area contributed by atoms with Crippen LogP contribution in [0, 0.1) is 0 Å². The maximum Gasteiger partial charge on any atom is 0.327 e. The molecule has 0 fully saturated rings. The van der Waals surface area contributed by atoms with E-state index in [1.807, 2.05) is 6.92 Å². The molecule has 0 atom stereocenters. The summed E-state index contributed by atoms with van der Waals surface area (Å²) in [7, 11) is -1.21. The van der Waals surface area contributed by atoms with Crippen molar-refractivity contribution in [1.29, 1.82) is 0 Å². The van der Waals surface area contributed by atoms with Crippen LogP contribution in [0.2, 0.25) is 0 Å². The highest BCUT2D eigenvalue weighted by molar-refractivity contribution is 7.89. The number of sulfonamides is 1. The third-order valence-corrected chi connectivity index (χ3v) is 7.03. The number of aromatic amines is 1. The fraction of sp³-hybridized carbons (Fsp3) is 0.429. The number of methoxy groups -OCH3 is 1. The van der Waals surface area contributed by atoms with Gasteiger partial charge in [0, 0.05) is 20.1 Å². The lowest BCUT2D eigenvalue weighted by atomic mass is 10.1. The molecule has 0 aliphatic rings. The van der Waals surface area contributed by atoms with Crippen molar-refractivity contribution in [1.82, 2.24) is 23.8 Å². The van der Waals surface area contributed by atoms with E-state index in [9.17, 15) is 18.0 Å². The van der Waals surface area contributed by atoms with Crippen molar-refractivity contribution in [2.45, 2.75) is 37.6 Å². The van der Waals surface area contributed by atoms with E-state index in [2.05, 4.69) is 19.7 Å². The first-order valence-electron chi connectivity index (χ1n) is 10.7. The number of nitrogen functional groups attached to an aromatic ring is 1. The zero-order chi connectivity index (χ0) is 24.9. The molecule has 34 heavy (non-hydrogen) atoms. The van der Waals surface area contributed by atoms with E-state index in [-0.39, 0.29) is 47.4 Å². The Morgan fingerprint density at radius 1 is 1.29 bits per heavy atom. The number of rotatable bonds is 11. The minimum atomic E-state index is -3.88. The number of nitrogens with two attached hydrogens (primary N) is 1. The van der Waals surface area contributed by atoms with Crippen LogP contribution in [0.4, 0.5) is 5.82 Å². The van der Waals surface area contributed by atoms with Crippen molar-refractivity contribution in [2.24, 2.45) is 0 Å². The van der Waals surface area contributed by atoms with Gasteiger partial charge < -0.3 is 20.2 Å². The molecule has 3 rings (SSSR count). The number of unbranched alkanes of at least 4 members (excludes halogenated alkanes) is 1. The van der Waals surface area contributed by atoms with Crippen molar-refractivity contribution >= 4 is 33.0 Å². The SMILES string of the molecule is CCCCOc1nc(N)c2[nH]c(=O)n(CCN(C)S(=O)(=O)c3cccc(CC(=O)OC)c3)c2n1. The zero-order valence-corrected chi connectivity index (χ0v) is 20.1. The summed E-state index contributed by atoms with van der Waals surface area (Å²) in [5, 5.41) is 0. The smallest absolute Gasteiger partial charge is 0.327 e. The molecule has 0 bridgehead atoms. The molecule has 2 heterocycles. The number of imidazole rings is 1. The Hall–Kier alpha value is -3.45. The number of aromatic nitrogens is 4. The van der Waals surface area contributed by atoms with Gasteiger partial charge in [-0.25, -0.2) is 13.2 Å². The number of anilines is 1. The second kappa shape index (κ2) is 10.7. The molecule has 1 aromatic carbocycles. The normalized spacial score (nSPS) is 11.8. The summed E-state index contributed by atoms with van der Waals surface area (Å²) in [6.45, 7) is 2.42. The maximum absolute atomic E-state index is 13.1. The number of H-pyrrole nitrogens is 1. The number of nitrogens with zero attached hydrogens (tertiary/aromatic N) is 4. The predicted octanol–water partition coefficient (Wildman–Crippen LogP) is 0.917. The number of carbonyl (C=O) groups is 1. The Morgan fingerprint density at radius 3 is 2.76 bits per heavy atom. The molecule has 0 radical (unpaired) electrons. The van der Waals surface area contributed by atoms with Crippen LogP contribution in [0.1, 0.15) is 25.3 Å². The van der Waals surface area contributed by atoms with Crippen LogP contribution in [0.25, 0.3) is 11.2 Å². The summed E-state index contributed by atoms with van der Waals surface area (Å²) < 4.78 is 38.7. The van der Waals surface area contributed by atoms with Crippen LogP contribution in [0.5, 0.6) is 6.01 Å². The monoisotopic (exact) mass is 492 g/mol. The summed E-state index contributed by atoms with van der Waals surface area (Å²) in [4.78, 5) is 35.0. The number of hydrogen-bond donors (Lipinski definition) is 2. The van der Waals surface area contributed by atoms with Gasteiger partial charge in [-0.15, -0.1) is 0 Å². The third kappa shape index (κ3) is 5.54. The minimum Gasteiger partial charge on any atom is -0.469 e. The highest BCUT2D eigenvalue weighted by Crippen LogP contribution is 2.19. The zero-order valence-electron chi connectivity index (χ0n) is 19.3. The molecule has 0 saturated carbocycles. The fourth-order valence-electron chi connectivity index (χ4n) is 3.21. The fourth-order valence-corrected chi connectivity index (χ4v) is 4.44. The van der Waals surface area contributed by atoms with Crippen LogP contribution in [-0.2, 0) is 32.5 Å². The Balaban J connectivity index is 1.81. The molecule has 3 aromatic rings. The van der Waals surface area contributed by atoms with Gasteiger partial charge in [-0.05, 0) is 24.1 Å². The van der Waals surface area contributed by atoms with Gasteiger partial charge in [0.05, 0.1) is 25.0 Å². The van der Waals surface area contributed by atoms with E-state index < -0.39 is 21.7 Å². The van der Waals surface area contributed by atoms with Gasteiger partial charge in [-0.2, -0.15) is 14.3 Å². The second-order valence-electron chi connectivity index (χ2n) is 7.60.